The number of hydrogen-bond acceptors (Lipinski definition) is 1. The lowest BCUT2D eigenvalue weighted by molar-refractivity contribution is 0.112. The van der Waals surface area contributed by atoms with Gasteiger partial charge in [0.1, 0.15) is 0 Å². The molecule has 1 N–H and O–H groups in total. The van der Waals surface area contributed by atoms with Crippen LogP contribution in [0.1, 0.15) is 78.1 Å². The Morgan fingerprint density at radius 2 is 1.50 bits per heavy atom. The molecular weight excluding hydrogens is 242 g/mol. The van der Waals surface area contributed by atoms with Crippen molar-refractivity contribution in [3.63, 3.8) is 0 Å². The van der Waals surface area contributed by atoms with E-state index < -0.39 is 0 Å². The maximum Gasteiger partial charge on any atom is 0.00683 e. The van der Waals surface area contributed by atoms with Crippen molar-refractivity contribution < 1.29 is 0 Å². The van der Waals surface area contributed by atoms with E-state index in [2.05, 4.69) is 19.2 Å². The van der Waals surface area contributed by atoms with E-state index in [-0.39, 0.29) is 0 Å². The highest BCUT2D eigenvalue weighted by atomic mass is 14.9. The smallest absolute Gasteiger partial charge is 0.00683 e. The Morgan fingerprint density at radius 1 is 0.800 bits per heavy atom. The summed E-state index contributed by atoms with van der Waals surface area (Å²) in [6.07, 6.45) is 14.9. The van der Waals surface area contributed by atoms with Crippen LogP contribution in [0.25, 0.3) is 0 Å². The predicted molar refractivity (Wildman–Crippen MR) is 86.8 cm³/mol. The van der Waals surface area contributed by atoms with Gasteiger partial charge in [0.05, 0.1) is 0 Å². The van der Waals surface area contributed by atoms with Crippen LogP contribution in [0, 0.1) is 29.6 Å². The third kappa shape index (κ3) is 4.00. The molecule has 20 heavy (non-hydrogen) atoms. The van der Waals surface area contributed by atoms with Gasteiger partial charge >= 0.3 is 0 Å². The SMILES string of the molecule is CC1CC(C)CC(C2CCCCCC2CNC2CC2)C1. The van der Waals surface area contributed by atoms with Crippen molar-refractivity contribution >= 4 is 0 Å². The summed E-state index contributed by atoms with van der Waals surface area (Å²) < 4.78 is 0. The average Bonchev–Trinajstić information content (AvgIpc) is 3.22. The van der Waals surface area contributed by atoms with Crippen molar-refractivity contribution in [2.45, 2.75) is 84.1 Å². The summed E-state index contributed by atoms with van der Waals surface area (Å²) in [7, 11) is 0. The van der Waals surface area contributed by atoms with E-state index in [0.29, 0.717) is 0 Å². The fourth-order valence-corrected chi connectivity index (χ4v) is 5.25. The Kier molecular flexibility index (Phi) is 5.07. The molecule has 0 radical (unpaired) electrons. The Balaban J connectivity index is 1.61. The summed E-state index contributed by atoms with van der Waals surface area (Å²) in [5.41, 5.74) is 0. The van der Waals surface area contributed by atoms with Gasteiger partial charge in [0.25, 0.3) is 0 Å². The molecule has 0 spiro atoms. The molecule has 0 aromatic heterocycles. The van der Waals surface area contributed by atoms with Gasteiger partial charge in [-0.3, -0.25) is 0 Å². The first-order chi connectivity index (χ1) is 9.72. The highest BCUT2D eigenvalue weighted by Crippen LogP contribution is 2.44. The van der Waals surface area contributed by atoms with E-state index in [9.17, 15) is 0 Å². The first kappa shape index (κ1) is 14.9. The lowest BCUT2D eigenvalue weighted by Crippen LogP contribution is -2.35. The molecule has 1 heteroatoms. The zero-order chi connectivity index (χ0) is 13.9. The molecule has 0 heterocycles. The van der Waals surface area contributed by atoms with E-state index in [4.69, 9.17) is 0 Å². The van der Waals surface area contributed by atoms with Crippen LogP contribution in [0.5, 0.6) is 0 Å². The van der Waals surface area contributed by atoms with Crippen LogP contribution in [0.2, 0.25) is 0 Å². The monoisotopic (exact) mass is 277 g/mol. The van der Waals surface area contributed by atoms with Crippen molar-refractivity contribution in [1.82, 2.24) is 5.32 Å². The first-order valence-corrected chi connectivity index (χ1v) is 9.45. The minimum absolute atomic E-state index is 0.892. The standard InChI is InChI=1S/C19H35N/c1-14-10-15(2)12-17(11-14)19-7-5-3-4-6-16(19)13-20-18-8-9-18/h14-20H,3-13H2,1-2H3. The van der Waals surface area contributed by atoms with Crippen LogP contribution >= 0.6 is 0 Å². The van der Waals surface area contributed by atoms with Gasteiger partial charge in [-0.05, 0) is 81.1 Å². The van der Waals surface area contributed by atoms with Crippen LogP contribution in [0.3, 0.4) is 0 Å². The summed E-state index contributed by atoms with van der Waals surface area (Å²) in [5.74, 6) is 5.01. The lowest BCUT2D eigenvalue weighted by Gasteiger charge is -2.40. The van der Waals surface area contributed by atoms with E-state index in [1.165, 1.54) is 70.8 Å². The molecule has 1 nitrogen and oxygen atoms in total. The molecule has 116 valence electrons. The molecule has 0 aromatic carbocycles. The minimum Gasteiger partial charge on any atom is -0.314 e. The number of hydrogen-bond donors (Lipinski definition) is 1. The van der Waals surface area contributed by atoms with Gasteiger partial charge in [-0.15, -0.1) is 0 Å². The van der Waals surface area contributed by atoms with Crippen molar-refractivity contribution in [3.8, 4) is 0 Å². The van der Waals surface area contributed by atoms with Crippen LogP contribution in [0.15, 0.2) is 0 Å². The second-order valence-corrected chi connectivity index (χ2v) is 8.42. The fraction of sp³-hybridized carbons (Fsp3) is 1.00. The first-order valence-electron chi connectivity index (χ1n) is 9.45. The van der Waals surface area contributed by atoms with Crippen LogP contribution < -0.4 is 5.32 Å². The highest BCUT2D eigenvalue weighted by Gasteiger charge is 2.35. The van der Waals surface area contributed by atoms with Crippen molar-refractivity contribution in [1.29, 1.82) is 0 Å². The fourth-order valence-electron chi connectivity index (χ4n) is 5.25. The number of nitrogens with one attached hydrogen (secondary N) is 1. The Hall–Kier alpha value is -0.0400. The average molecular weight is 277 g/mol. The summed E-state index contributed by atoms with van der Waals surface area (Å²) >= 11 is 0. The molecular formula is C19H35N. The van der Waals surface area contributed by atoms with Crippen molar-refractivity contribution in [3.05, 3.63) is 0 Å². The van der Waals surface area contributed by atoms with E-state index in [0.717, 1.165) is 35.6 Å². The molecule has 0 aliphatic heterocycles. The molecule has 0 amide bonds. The van der Waals surface area contributed by atoms with Gasteiger partial charge in [-0.2, -0.15) is 0 Å². The largest absolute Gasteiger partial charge is 0.314 e. The van der Waals surface area contributed by atoms with E-state index in [1.54, 1.807) is 0 Å². The maximum atomic E-state index is 3.85. The molecule has 4 unspecified atom stereocenters. The van der Waals surface area contributed by atoms with Crippen LogP contribution in [-0.2, 0) is 0 Å². The zero-order valence-corrected chi connectivity index (χ0v) is 13.7. The van der Waals surface area contributed by atoms with E-state index in [1.807, 2.05) is 0 Å². The summed E-state index contributed by atoms with van der Waals surface area (Å²) in [5, 5.41) is 3.85. The quantitative estimate of drug-likeness (QED) is 0.712. The number of rotatable bonds is 4. The van der Waals surface area contributed by atoms with Gasteiger partial charge in [0.15, 0.2) is 0 Å². The van der Waals surface area contributed by atoms with Gasteiger partial charge < -0.3 is 5.32 Å². The molecule has 0 aromatic rings. The predicted octanol–water partition coefficient (Wildman–Crippen LogP) is 5.01. The molecule has 3 fully saturated rings. The van der Waals surface area contributed by atoms with Crippen molar-refractivity contribution in [2.24, 2.45) is 29.6 Å². The highest BCUT2D eigenvalue weighted by molar-refractivity contribution is 4.88. The minimum atomic E-state index is 0.892. The lowest BCUT2D eigenvalue weighted by atomic mass is 9.67. The molecule has 0 bridgehead atoms. The van der Waals surface area contributed by atoms with Gasteiger partial charge in [-0.1, -0.05) is 33.1 Å². The van der Waals surface area contributed by atoms with Gasteiger partial charge in [0.2, 0.25) is 0 Å². The third-order valence-corrected chi connectivity index (χ3v) is 6.28. The Morgan fingerprint density at radius 3 is 2.20 bits per heavy atom. The molecule has 3 rings (SSSR count). The van der Waals surface area contributed by atoms with Crippen LogP contribution in [0.4, 0.5) is 0 Å². The topological polar surface area (TPSA) is 12.0 Å². The summed E-state index contributed by atoms with van der Waals surface area (Å²) in [6.45, 7) is 6.32. The summed E-state index contributed by atoms with van der Waals surface area (Å²) in [4.78, 5) is 0. The van der Waals surface area contributed by atoms with Crippen LogP contribution in [-0.4, -0.2) is 12.6 Å². The zero-order valence-electron chi connectivity index (χ0n) is 13.7. The van der Waals surface area contributed by atoms with E-state index >= 15 is 0 Å². The van der Waals surface area contributed by atoms with Crippen molar-refractivity contribution in [2.75, 3.05) is 6.54 Å². The summed E-state index contributed by atoms with van der Waals surface area (Å²) in [6, 6.07) is 0.892. The molecule has 3 saturated carbocycles. The molecule has 3 aliphatic rings. The normalized spacial score (nSPS) is 43.2. The van der Waals surface area contributed by atoms with Gasteiger partial charge in [-0.25, -0.2) is 0 Å². The Labute approximate surface area is 126 Å². The maximum absolute atomic E-state index is 3.85. The third-order valence-electron chi connectivity index (χ3n) is 6.28. The molecule has 3 aliphatic carbocycles. The molecule has 0 saturated heterocycles. The second kappa shape index (κ2) is 6.81. The molecule has 4 atom stereocenters. The second-order valence-electron chi connectivity index (χ2n) is 8.42. The van der Waals surface area contributed by atoms with Gasteiger partial charge in [0, 0.05) is 6.04 Å². The Bertz CT molecular complexity index is 286.